The van der Waals surface area contributed by atoms with Crippen molar-refractivity contribution in [1.29, 1.82) is 0 Å². The van der Waals surface area contributed by atoms with Crippen molar-refractivity contribution in [2.75, 3.05) is 10.6 Å². The van der Waals surface area contributed by atoms with Gasteiger partial charge in [0.1, 0.15) is 5.82 Å². The second kappa shape index (κ2) is 5.55. The van der Waals surface area contributed by atoms with Crippen molar-refractivity contribution in [1.82, 2.24) is 4.98 Å². The highest BCUT2D eigenvalue weighted by Gasteiger charge is 2.32. The van der Waals surface area contributed by atoms with Gasteiger partial charge in [-0.15, -0.1) is 0 Å². The Balaban J connectivity index is 1.77. The molecule has 2 amide bonds. The van der Waals surface area contributed by atoms with E-state index in [9.17, 15) is 14.0 Å². The molecule has 0 saturated carbocycles. The minimum absolute atomic E-state index is 0.238. The number of aromatic nitrogens is 1. The fourth-order valence-corrected chi connectivity index (χ4v) is 2.52. The molecule has 1 atom stereocenters. The number of benzene rings is 1. The summed E-state index contributed by atoms with van der Waals surface area (Å²) in [6.07, 6.45) is 3.57. The first-order valence-corrected chi connectivity index (χ1v) is 6.85. The summed E-state index contributed by atoms with van der Waals surface area (Å²) in [5.74, 6) is -1.21. The monoisotopic (exact) mass is 299 g/mol. The zero-order valence-electron chi connectivity index (χ0n) is 11.9. The van der Waals surface area contributed by atoms with Gasteiger partial charge in [-0.25, -0.2) is 4.39 Å². The molecule has 2 N–H and O–H groups in total. The minimum atomic E-state index is -0.379. The van der Waals surface area contributed by atoms with Crippen LogP contribution >= 0.6 is 0 Å². The van der Waals surface area contributed by atoms with Crippen molar-refractivity contribution in [2.24, 2.45) is 0 Å². The molecular weight excluding hydrogens is 285 g/mol. The maximum Gasteiger partial charge on any atom is 0.232 e. The van der Waals surface area contributed by atoms with Gasteiger partial charge in [0.2, 0.25) is 11.8 Å². The van der Waals surface area contributed by atoms with E-state index < -0.39 is 0 Å². The Morgan fingerprint density at radius 2 is 2.05 bits per heavy atom. The SMILES string of the molecule is CC(=O)Nc1ccncc1NC(=O)[C@@H]1Cc2ccc(F)cc21. The summed E-state index contributed by atoms with van der Waals surface area (Å²) in [5.41, 5.74) is 2.60. The number of carbonyl (C=O) groups excluding carboxylic acids is 2. The molecular formula is C16H14FN3O2. The molecule has 6 heteroatoms. The Morgan fingerprint density at radius 1 is 1.23 bits per heavy atom. The molecule has 0 unspecified atom stereocenters. The number of fused-ring (bicyclic) bond motifs is 1. The minimum Gasteiger partial charge on any atom is -0.324 e. The summed E-state index contributed by atoms with van der Waals surface area (Å²) in [7, 11) is 0. The largest absolute Gasteiger partial charge is 0.324 e. The summed E-state index contributed by atoms with van der Waals surface area (Å²) in [6.45, 7) is 1.39. The molecule has 22 heavy (non-hydrogen) atoms. The number of amides is 2. The molecule has 0 fully saturated rings. The molecule has 0 spiro atoms. The van der Waals surface area contributed by atoms with E-state index in [4.69, 9.17) is 0 Å². The average molecular weight is 299 g/mol. The Morgan fingerprint density at radius 3 is 2.82 bits per heavy atom. The lowest BCUT2D eigenvalue weighted by Crippen LogP contribution is -2.30. The number of nitrogens with zero attached hydrogens (tertiary/aromatic N) is 1. The Kier molecular flexibility index (Phi) is 3.58. The summed E-state index contributed by atoms with van der Waals surface area (Å²) in [6, 6.07) is 6.08. The van der Waals surface area contributed by atoms with Gasteiger partial charge in [0.05, 0.1) is 23.5 Å². The van der Waals surface area contributed by atoms with E-state index in [-0.39, 0.29) is 23.5 Å². The van der Waals surface area contributed by atoms with Gasteiger partial charge in [-0.3, -0.25) is 14.6 Å². The van der Waals surface area contributed by atoms with Gasteiger partial charge in [-0.1, -0.05) is 6.07 Å². The fraction of sp³-hybridized carbons (Fsp3) is 0.188. The number of anilines is 2. The maximum atomic E-state index is 13.3. The summed E-state index contributed by atoms with van der Waals surface area (Å²) < 4.78 is 13.3. The van der Waals surface area contributed by atoms with Crippen molar-refractivity contribution in [2.45, 2.75) is 19.3 Å². The van der Waals surface area contributed by atoms with Crippen LogP contribution < -0.4 is 10.6 Å². The van der Waals surface area contributed by atoms with E-state index >= 15 is 0 Å². The number of pyridine rings is 1. The van der Waals surface area contributed by atoms with E-state index in [1.807, 2.05) is 0 Å². The molecule has 0 bridgehead atoms. The quantitative estimate of drug-likeness (QED) is 0.914. The molecule has 1 aliphatic rings. The van der Waals surface area contributed by atoms with E-state index in [0.29, 0.717) is 23.4 Å². The zero-order valence-corrected chi connectivity index (χ0v) is 11.9. The molecule has 1 aromatic heterocycles. The highest BCUT2D eigenvalue weighted by molar-refractivity contribution is 6.02. The molecule has 1 aromatic carbocycles. The first kappa shape index (κ1) is 14.2. The van der Waals surface area contributed by atoms with Crippen molar-refractivity contribution < 1.29 is 14.0 Å². The second-order valence-corrected chi connectivity index (χ2v) is 5.19. The van der Waals surface area contributed by atoms with Crippen LogP contribution in [0.5, 0.6) is 0 Å². The van der Waals surface area contributed by atoms with Crippen LogP contribution in [0.15, 0.2) is 36.7 Å². The third kappa shape index (κ3) is 2.67. The Labute approximate surface area is 126 Å². The van der Waals surface area contributed by atoms with Crippen LogP contribution in [0.1, 0.15) is 24.0 Å². The van der Waals surface area contributed by atoms with Crippen LogP contribution in [0.3, 0.4) is 0 Å². The number of nitrogens with one attached hydrogen (secondary N) is 2. The molecule has 1 aliphatic carbocycles. The fourth-order valence-electron chi connectivity index (χ4n) is 2.52. The van der Waals surface area contributed by atoms with Crippen LogP contribution in [-0.4, -0.2) is 16.8 Å². The number of hydrogen-bond donors (Lipinski definition) is 2. The molecule has 3 rings (SSSR count). The molecule has 0 saturated heterocycles. The van der Waals surface area contributed by atoms with Crippen molar-refractivity contribution in [3.63, 3.8) is 0 Å². The molecule has 5 nitrogen and oxygen atoms in total. The van der Waals surface area contributed by atoms with Crippen LogP contribution in [0.2, 0.25) is 0 Å². The molecule has 2 aromatic rings. The first-order valence-electron chi connectivity index (χ1n) is 6.85. The Bertz CT molecular complexity index is 761. The standard InChI is InChI=1S/C16H14FN3O2/c1-9(21)19-14-4-5-18-8-15(14)20-16(22)13-6-10-2-3-11(17)7-12(10)13/h2-5,7-8,13H,6H2,1H3,(H,20,22)(H,18,19,21)/t13-/m1/s1. The zero-order chi connectivity index (χ0) is 15.7. The smallest absolute Gasteiger partial charge is 0.232 e. The van der Waals surface area contributed by atoms with Gasteiger partial charge in [-0.2, -0.15) is 0 Å². The van der Waals surface area contributed by atoms with Crippen LogP contribution in [-0.2, 0) is 16.0 Å². The lowest BCUT2D eigenvalue weighted by Gasteiger charge is -2.29. The Hall–Kier alpha value is -2.76. The molecule has 0 radical (unpaired) electrons. The third-order valence-electron chi connectivity index (χ3n) is 3.61. The maximum absolute atomic E-state index is 13.3. The lowest BCUT2D eigenvalue weighted by molar-refractivity contribution is -0.118. The first-order chi connectivity index (χ1) is 10.5. The van der Waals surface area contributed by atoms with Gasteiger partial charge >= 0.3 is 0 Å². The predicted molar refractivity (Wildman–Crippen MR) is 80.0 cm³/mol. The van der Waals surface area contributed by atoms with E-state index in [1.165, 1.54) is 31.5 Å². The average Bonchev–Trinajstić information content (AvgIpc) is 2.44. The topological polar surface area (TPSA) is 71.1 Å². The highest BCUT2D eigenvalue weighted by atomic mass is 19.1. The summed E-state index contributed by atoms with van der Waals surface area (Å²) in [4.78, 5) is 27.4. The van der Waals surface area contributed by atoms with Crippen molar-refractivity contribution >= 4 is 23.2 Å². The number of rotatable bonds is 3. The normalized spacial score (nSPS) is 15.5. The van der Waals surface area contributed by atoms with Crippen LogP contribution in [0, 0.1) is 5.82 Å². The van der Waals surface area contributed by atoms with E-state index in [0.717, 1.165) is 5.56 Å². The molecule has 0 aliphatic heterocycles. The molecule has 1 heterocycles. The van der Waals surface area contributed by atoms with Gasteiger partial charge in [0.25, 0.3) is 0 Å². The van der Waals surface area contributed by atoms with Gasteiger partial charge in [0, 0.05) is 13.1 Å². The summed E-state index contributed by atoms with van der Waals surface area (Å²) >= 11 is 0. The van der Waals surface area contributed by atoms with E-state index in [2.05, 4.69) is 15.6 Å². The highest BCUT2D eigenvalue weighted by Crippen LogP contribution is 2.36. The lowest BCUT2D eigenvalue weighted by atomic mass is 9.77. The number of hydrogen-bond acceptors (Lipinski definition) is 3. The van der Waals surface area contributed by atoms with Gasteiger partial charge in [0.15, 0.2) is 0 Å². The molecule has 112 valence electrons. The van der Waals surface area contributed by atoms with E-state index in [1.54, 1.807) is 12.1 Å². The van der Waals surface area contributed by atoms with Gasteiger partial charge in [-0.05, 0) is 35.7 Å². The summed E-state index contributed by atoms with van der Waals surface area (Å²) in [5, 5.41) is 5.37. The van der Waals surface area contributed by atoms with Gasteiger partial charge < -0.3 is 10.6 Å². The van der Waals surface area contributed by atoms with Crippen molar-refractivity contribution in [3.05, 3.63) is 53.6 Å². The number of halogens is 1. The van der Waals surface area contributed by atoms with Crippen molar-refractivity contribution in [3.8, 4) is 0 Å². The van der Waals surface area contributed by atoms with Crippen LogP contribution in [0.25, 0.3) is 0 Å². The number of carbonyl (C=O) groups is 2. The van der Waals surface area contributed by atoms with Crippen LogP contribution in [0.4, 0.5) is 15.8 Å². The third-order valence-corrected chi connectivity index (χ3v) is 3.61. The second-order valence-electron chi connectivity index (χ2n) is 5.19. The predicted octanol–water partition coefficient (Wildman–Crippen LogP) is 2.46.